The Kier molecular flexibility index (Phi) is 8.31. The van der Waals surface area contributed by atoms with Crippen molar-refractivity contribution in [2.75, 3.05) is 0 Å². The van der Waals surface area contributed by atoms with E-state index in [2.05, 4.69) is 6.58 Å². The van der Waals surface area contributed by atoms with Gasteiger partial charge in [0.1, 0.15) is 0 Å². The topological polar surface area (TPSA) is 0 Å². The van der Waals surface area contributed by atoms with Crippen LogP contribution in [0.25, 0.3) is 6.08 Å². The van der Waals surface area contributed by atoms with Gasteiger partial charge in [-0.25, -0.2) is 0 Å². The molecule has 0 saturated heterocycles. The smallest absolute Gasteiger partial charge is 1.00 e. The van der Waals surface area contributed by atoms with E-state index in [0.717, 1.165) is 0 Å². The van der Waals surface area contributed by atoms with Gasteiger partial charge >= 0.3 is 22.4 Å². The number of benzene rings is 1. The molecule has 0 aliphatic carbocycles. The van der Waals surface area contributed by atoms with Crippen molar-refractivity contribution in [1.29, 1.82) is 0 Å². The Bertz CT molecular complexity index is 172. The van der Waals surface area contributed by atoms with Crippen molar-refractivity contribution >= 4 is 6.08 Å². The van der Waals surface area contributed by atoms with Crippen molar-refractivity contribution in [3.05, 3.63) is 42.5 Å². The van der Waals surface area contributed by atoms with E-state index < -0.39 is 0 Å². The van der Waals surface area contributed by atoms with Crippen LogP contribution in [0.15, 0.2) is 36.9 Å². The van der Waals surface area contributed by atoms with E-state index in [1.54, 1.807) is 0 Å². The first-order chi connectivity index (χ1) is 3.93. The monoisotopic (exact) mass is 230 g/mol. The molecule has 0 bridgehead atoms. The van der Waals surface area contributed by atoms with E-state index in [4.69, 9.17) is 0 Å². The molecule has 0 atom stereocenters. The van der Waals surface area contributed by atoms with Crippen LogP contribution in [0, 0.1) is 0 Å². The zero-order valence-corrected chi connectivity index (χ0v) is 6.83. The van der Waals surface area contributed by atoms with E-state index in [1.807, 2.05) is 36.4 Å². The Morgan fingerprint density at radius 1 is 1.10 bits per heavy atom. The minimum Gasteiger partial charge on any atom is -1.00 e. The Balaban J connectivity index is 0. The van der Waals surface area contributed by atoms with Gasteiger partial charge in [0, 0.05) is 0 Å². The van der Waals surface area contributed by atoms with Crippen LogP contribution in [0.1, 0.15) is 5.56 Å². The molecular weight excluding hydrogens is 223 g/mol. The number of halogens is 1. The Labute approximate surface area is 75.8 Å². The number of hydrogen-bond donors (Lipinski definition) is 0. The summed E-state index contributed by atoms with van der Waals surface area (Å²) in [5, 5.41) is 0. The summed E-state index contributed by atoms with van der Waals surface area (Å²) >= 11 is 0. The second-order valence-electron chi connectivity index (χ2n) is 1.61. The summed E-state index contributed by atoms with van der Waals surface area (Å²) in [6.07, 6.45) is 1.83. The third-order valence-corrected chi connectivity index (χ3v) is 1.04. The zero-order chi connectivity index (χ0) is 5.82. The van der Waals surface area contributed by atoms with Crippen molar-refractivity contribution in [2.24, 2.45) is 0 Å². The fourth-order valence-electron chi connectivity index (χ4n) is 0.589. The molecule has 0 heterocycles. The van der Waals surface area contributed by atoms with Gasteiger partial charge in [0.2, 0.25) is 0 Å². The van der Waals surface area contributed by atoms with E-state index >= 15 is 0 Å². The van der Waals surface area contributed by atoms with Crippen LogP contribution in [-0.4, -0.2) is 0 Å². The molecule has 0 N–H and O–H groups in total. The van der Waals surface area contributed by atoms with Gasteiger partial charge in [-0.2, -0.15) is 0 Å². The van der Waals surface area contributed by atoms with Crippen molar-refractivity contribution < 1.29 is 27.1 Å². The standard InChI is InChI=1S/C8H8.Ag.FH/c1-2-8-6-4-3-5-7-8;;/h2-7H,1H2;;1H/q;+1;/p-1. The van der Waals surface area contributed by atoms with Crippen LogP contribution in [-0.2, 0) is 22.4 Å². The molecule has 2 heteroatoms. The molecule has 0 saturated carbocycles. The summed E-state index contributed by atoms with van der Waals surface area (Å²) < 4.78 is 0. The fraction of sp³-hybridized carbons (Fsp3) is 0. The Morgan fingerprint density at radius 2 is 1.60 bits per heavy atom. The summed E-state index contributed by atoms with van der Waals surface area (Å²) in [5.41, 5.74) is 1.17. The summed E-state index contributed by atoms with van der Waals surface area (Å²) in [7, 11) is 0. The molecule has 1 rings (SSSR count). The molecule has 0 aromatic heterocycles. The first kappa shape index (κ1) is 12.3. The maximum atomic E-state index is 3.63. The minimum atomic E-state index is 0. The van der Waals surface area contributed by atoms with Crippen molar-refractivity contribution in [1.82, 2.24) is 0 Å². The van der Waals surface area contributed by atoms with Gasteiger partial charge in [-0.15, -0.1) is 0 Å². The maximum Gasteiger partial charge on any atom is 1.00 e. The summed E-state index contributed by atoms with van der Waals surface area (Å²) in [4.78, 5) is 0. The van der Waals surface area contributed by atoms with E-state index in [1.165, 1.54) is 5.56 Å². The van der Waals surface area contributed by atoms with Gasteiger partial charge < -0.3 is 4.70 Å². The molecular formula is C8H8AgF. The van der Waals surface area contributed by atoms with Gasteiger partial charge in [-0.3, -0.25) is 0 Å². The van der Waals surface area contributed by atoms with Crippen molar-refractivity contribution in [2.45, 2.75) is 0 Å². The molecule has 0 fully saturated rings. The Morgan fingerprint density at radius 3 is 1.90 bits per heavy atom. The summed E-state index contributed by atoms with van der Waals surface area (Å²) in [6, 6.07) is 10.0. The molecule has 0 nitrogen and oxygen atoms in total. The normalized spacial score (nSPS) is 6.80. The van der Waals surface area contributed by atoms with E-state index in [0.29, 0.717) is 0 Å². The van der Waals surface area contributed by atoms with Gasteiger partial charge in [0.05, 0.1) is 0 Å². The second-order valence-corrected chi connectivity index (χ2v) is 1.61. The maximum absolute atomic E-state index is 3.63. The Hall–Kier alpha value is -0.370. The molecule has 0 aliphatic heterocycles. The quantitative estimate of drug-likeness (QED) is 0.562. The number of rotatable bonds is 1. The molecule has 58 valence electrons. The van der Waals surface area contributed by atoms with Gasteiger partial charge in [-0.05, 0) is 5.56 Å². The van der Waals surface area contributed by atoms with Crippen LogP contribution in [0.3, 0.4) is 0 Å². The molecule has 1 aromatic rings. The predicted octanol–water partition coefficient (Wildman–Crippen LogP) is -0.669. The fourth-order valence-corrected chi connectivity index (χ4v) is 0.589. The summed E-state index contributed by atoms with van der Waals surface area (Å²) in [5.74, 6) is 0. The van der Waals surface area contributed by atoms with Crippen LogP contribution in [0.5, 0.6) is 0 Å². The van der Waals surface area contributed by atoms with Crippen molar-refractivity contribution in [3.63, 3.8) is 0 Å². The van der Waals surface area contributed by atoms with Crippen molar-refractivity contribution in [3.8, 4) is 0 Å². The predicted molar refractivity (Wildman–Crippen MR) is 36.5 cm³/mol. The average Bonchev–Trinajstić information content (AvgIpc) is 1.90. The first-order valence-corrected chi connectivity index (χ1v) is 2.61. The SMILES string of the molecule is C=Cc1ccccc1.[Ag+].[F-]. The second kappa shape index (κ2) is 6.75. The zero-order valence-electron chi connectivity index (χ0n) is 5.35. The molecule has 0 amide bonds. The van der Waals surface area contributed by atoms with Crippen LogP contribution in [0.4, 0.5) is 0 Å². The van der Waals surface area contributed by atoms with E-state index in [9.17, 15) is 0 Å². The molecule has 1 aromatic carbocycles. The van der Waals surface area contributed by atoms with Gasteiger partial charge in [-0.1, -0.05) is 43.0 Å². The first-order valence-electron chi connectivity index (χ1n) is 2.61. The third-order valence-electron chi connectivity index (χ3n) is 1.04. The average molecular weight is 231 g/mol. The molecule has 0 radical (unpaired) electrons. The van der Waals surface area contributed by atoms with Crippen LogP contribution in [0.2, 0.25) is 0 Å². The third kappa shape index (κ3) is 3.62. The van der Waals surface area contributed by atoms with Crippen LogP contribution < -0.4 is 4.70 Å². The molecule has 0 spiro atoms. The summed E-state index contributed by atoms with van der Waals surface area (Å²) in [6.45, 7) is 3.63. The minimum absolute atomic E-state index is 0. The molecule has 0 aliphatic rings. The molecule has 10 heavy (non-hydrogen) atoms. The molecule has 0 unspecified atom stereocenters. The van der Waals surface area contributed by atoms with Crippen LogP contribution >= 0.6 is 0 Å². The largest absolute Gasteiger partial charge is 1.00 e. The van der Waals surface area contributed by atoms with E-state index in [-0.39, 0.29) is 27.1 Å². The van der Waals surface area contributed by atoms with Gasteiger partial charge in [0.25, 0.3) is 0 Å². The number of hydrogen-bond acceptors (Lipinski definition) is 0. The van der Waals surface area contributed by atoms with Gasteiger partial charge in [0.15, 0.2) is 0 Å².